The van der Waals surface area contributed by atoms with E-state index >= 15 is 0 Å². The lowest BCUT2D eigenvalue weighted by molar-refractivity contribution is -0.384. The first-order valence-electron chi connectivity index (χ1n) is 11.3. The average molecular weight is 502 g/mol. The van der Waals surface area contributed by atoms with Crippen LogP contribution in [0.15, 0.2) is 48.7 Å². The molecule has 2 heterocycles. The Hall–Kier alpha value is -3.93. The highest BCUT2D eigenvalue weighted by molar-refractivity contribution is 5.94. The number of aromatic nitrogens is 1. The number of benzene rings is 2. The molecule has 1 saturated heterocycles. The number of nitrogens with one attached hydrogen (secondary N) is 1. The Balaban J connectivity index is 1.63. The van der Waals surface area contributed by atoms with Crippen molar-refractivity contribution in [1.29, 1.82) is 0 Å². The number of fused-ring (bicyclic) bond motifs is 1. The van der Waals surface area contributed by atoms with Gasteiger partial charge in [-0.3, -0.25) is 19.9 Å². The van der Waals surface area contributed by atoms with Gasteiger partial charge in [-0.25, -0.2) is 0 Å². The fraction of sp³-hybridized carbons (Fsp3) is 0.333. The molecule has 9 nitrogen and oxygen atoms in total. The molecule has 0 radical (unpaired) electrons. The molecule has 2 aromatic carbocycles. The van der Waals surface area contributed by atoms with Gasteiger partial charge in [0.05, 0.1) is 33.9 Å². The first-order valence-corrected chi connectivity index (χ1v) is 11.3. The average Bonchev–Trinajstić information content (AvgIpc) is 2.86. The van der Waals surface area contributed by atoms with Gasteiger partial charge in [0.25, 0.3) is 5.69 Å². The number of piperazine rings is 1. The summed E-state index contributed by atoms with van der Waals surface area (Å²) in [6, 6.07) is 9.09. The highest BCUT2D eigenvalue weighted by Gasteiger charge is 2.32. The van der Waals surface area contributed by atoms with E-state index in [-0.39, 0.29) is 29.3 Å². The molecular formula is C24H25F3N6O3. The lowest BCUT2D eigenvalue weighted by Gasteiger charge is -2.36. The number of carbonyl (C=O) groups is 1. The normalized spacial score (nSPS) is 15.1. The number of nitrogens with zero attached hydrogens (tertiary/aromatic N) is 4. The number of anilines is 2. The van der Waals surface area contributed by atoms with E-state index in [1.165, 1.54) is 24.4 Å². The highest BCUT2D eigenvalue weighted by atomic mass is 19.4. The number of carbonyl (C=O) groups excluding carboxylic acids is 1. The number of hydrogen-bond donors (Lipinski definition) is 2. The highest BCUT2D eigenvalue weighted by Crippen LogP contribution is 2.36. The molecular weight excluding hydrogens is 477 g/mol. The van der Waals surface area contributed by atoms with Crippen LogP contribution in [0.4, 0.5) is 30.2 Å². The summed E-state index contributed by atoms with van der Waals surface area (Å²) in [4.78, 5) is 30.7. The van der Waals surface area contributed by atoms with Gasteiger partial charge in [0.1, 0.15) is 0 Å². The fourth-order valence-electron chi connectivity index (χ4n) is 4.15. The zero-order valence-electron chi connectivity index (χ0n) is 19.5. The summed E-state index contributed by atoms with van der Waals surface area (Å²) in [7, 11) is 0. The first-order chi connectivity index (χ1) is 17.0. The predicted octanol–water partition coefficient (Wildman–Crippen LogP) is 3.77. The molecule has 1 aliphatic heterocycles. The number of rotatable bonds is 6. The van der Waals surface area contributed by atoms with Crippen LogP contribution in [0.1, 0.15) is 18.1 Å². The zero-order chi connectivity index (χ0) is 26.0. The Morgan fingerprint density at radius 3 is 2.56 bits per heavy atom. The van der Waals surface area contributed by atoms with Crippen molar-refractivity contribution in [2.24, 2.45) is 5.73 Å². The maximum Gasteiger partial charge on any atom is 0.416 e. The molecule has 36 heavy (non-hydrogen) atoms. The van der Waals surface area contributed by atoms with Gasteiger partial charge in [-0.05, 0) is 30.7 Å². The molecule has 1 atom stereocenters. The maximum atomic E-state index is 13.5. The summed E-state index contributed by atoms with van der Waals surface area (Å²) >= 11 is 0. The molecule has 3 aromatic rings. The Morgan fingerprint density at radius 1 is 1.19 bits per heavy atom. The quantitative estimate of drug-likeness (QED) is 0.389. The minimum Gasteiger partial charge on any atom is -0.380 e. The fourth-order valence-corrected chi connectivity index (χ4v) is 4.15. The van der Waals surface area contributed by atoms with E-state index in [0.29, 0.717) is 42.8 Å². The number of hydrogen-bond acceptors (Lipinski definition) is 7. The van der Waals surface area contributed by atoms with Gasteiger partial charge in [0.15, 0.2) is 0 Å². The lowest BCUT2D eigenvalue weighted by Crippen LogP contribution is -2.52. The van der Waals surface area contributed by atoms with Crippen molar-refractivity contribution in [1.82, 2.24) is 9.88 Å². The summed E-state index contributed by atoms with van der Waals surface area (Å²) in [6.07, 6.45) is -3.05. The smallest absolute Gasteiger partial charge is 0.380 e. The monoisotopic (exact) mass is 502 g/mol. The van der Waals surface area contributed by atoms with E-state index in [9.17, 15) is 28.1 Å². The molecule has 0 aliphatic carbocycles. The van der Waals surface area contributed by atoms with Gasteiger partial charge in [-0.2, -0.15) is 13.2 Å². The minimum absolute atomic E-state index is 0.0837. The van der Waals surface area contributed by atoms with Crippen molar-refractivity contribution in [3.8, 4) is 0 Å². The van der Waals surface area contributed by atoms with Crippen molar-refractivity contribution in [2.75, 3.05) is 36.4 Å². The Kier molecular flexibility index (Phi) is 6.97. The topological polar surface area (TPSA) is 118 Å². The molecule has 1 aromatic heterocycles. The standard InChI is InChI=1S/C24H25F3N6O3/c1-15(28)23(34)32-7-5-31(6-8-32)19-12-20-21(10-17(24(25,26)27)11-22(20)30-14-19)29-13-16-3-2-4-18(9-16)33(35)36/h2-4,9-12,14-15,29H,5-8,13,28H2,1H3/t15-/m0/s1. The zero-order valence-corrected chi connectivity index (χ0v) is 19.5. The van der Waals surface area contributed by atoms with E-state index in [1.54, 1.807) is 24.0 Å². The SMILES string of the molecule is C[C@H](N)C(=O)N1CCN(c2cnc3cc(C(F)(F)F)cc(NCc4cccc([N+](=O)[O-])c4)c3c2)CC1. The van der Waals surface area contributed by atoms with E-state index in [4.69, 9.17) is 5.73 Å². The summed E-state index contributed by atoms with van der Waals surface area (Å²) < 4.78 is 40.6. The van der Waals surface area contributed by atoms with E-state index in [2.05, 4.69) is 10.3 Å². The van der Waals surface area contributed by atoms with Crippen LogP contribution in [-0.4, -0.2) is 52.9 Å². The molecule has 1 aliphatic rings. The van der Waals surface area contributed by atoms with Gasteiger partial charge in [-0.15, -0.1) is 0 Å². The van der Waals surface area contributed by atoms with Crippen LogP contribution >= 0.6 is 0 Å². The van der Waals surface area contributed by atoms with Gasteiger partial charge in [0.2, 0.25) is 5.91 Å². The molecule has 1 fully saturated rings. The molecule has 12 heteroatoms. The van der Waals surface area contributed by atoms with Gasteiger partial charge < -0.3 is 20.9 Å². The molecule has 0 bridgehead atoms. The summed E-state index contributed by atoms with van der Waals surface area (Å²) in [5.41, 5.74) is 6.39. The molecule has 4 rings (SSSR count). The third kappa shape index (κ3) is 5.48. The Morgan fingerprint density at radius 2 is 1.92 bits per heavy atom. The second-order valence-corrected chi connectivity index (χ2v) is 8.66. The number of nitro benzene ring substituents is 1. The predicted molar refractivity (Wildman–Crippen MR) is 130 cm³/mol. The van der Waals surface area contributed by atoms with Gasteiger partial charge >= 0.3 is 6.18 Å². The van der Waals surface area contributed by atoms with Gasteiger partial charge in [0, 0.05) is 55.9 Å². The van der Waals surface area contributed by atoms with Crippen molar-refractivity contribution < 1.29 is 22.9 Å². The van der Waals surface area contributed by atoms with Crippen LogP contribution < -0.4 is 16.0 Å². The van der Waals surface area contributed by atoms with Crippen LogP contribution in [0, 0.1) is 10.1 Å². The minimum atomic E-state index is -4.57. The van der Waals surface area contributed by atoms with Crippen LogP contribution in [-0.2, 0) is 17.5 Å². The molecule has 0 spiro atoms. The van der Waals surface area contributed by atoms with E-state index in [0.717, 1.165) is 12.1 Å². The van der Waals surface area contributed by atoms with Crippen LogP contribution in [0.25, 0.3) is 10.9 Å². The number of nitro groups is 1. The van der Waals surface area contributed by atoms with Crippen LogP contribution in [0.5, 0.6) is 0 Å². The van der Waals surface area contributed by atoms with Crippen molar-refractivity contribution in [3.63, 3.8) is 0 Å². The summed E-state index contributed by atoms with van der Waals surface area (Å²) in [5.74, 6) is -0.126. The van der Waals surface area contributed by atoms with Gasteiger partial charge in [-0.1, -0.05) is 12.1 Å². The number of pyridine rings is 1. The second kappa shape index (κ2) is 9.97. The summed E-state index contributed by atoms with van der Waals surface area (Å²) in [5, 5.41) is 14.5. The number of alkyl halides is 3. The van der Waals surface area contributed by atoms with E-state index < -0.39 is 22.7 Å². The largest absolute Gasteiger partial charge is 0.416 e. The number of nitrogens with two attached hydrogens (primary N) is 1. The van der Waals surface area contributed by atoms with Crippen LogP contribution in [0.2, 0.25) is 0 Å². The third-order valence-electron chi connectivity index (χ3n) is 6.06. The van der Waals surface area contributed by atoms with Crippen molar-refractivity contribution >= 4 is 33.9 Å². The lowest BCUT2D eigenvalue weighted by atomic mass is 10.1. The molecule has 0 saturated carbocycles. The summed E-state index contributed by atoms with van der Waals surface area (Å²) in [6.45, 7) is 3.73. The number of non-ortho nitro benzene ring substituents is 1. The molecule has 0 unspecified atom stereocenters. The Bertz CT molecular complexity index is 1290. The van der Waals surface area contributed by atoms with E-state index in [1.807, 2.05) is 4.90 Å². The van der Waals surface area contributed by atoms with Crippen LogP contribution in [0.3, 0.4) is 0 Å². The second-order valence-electron chi connectivity index (χ2n) is 8.66. The maximum absolute atomic E-state index is 13.5. The van der Waals surface area contributed by atoms with Crippen molar-refractivity contribution in [3.05, 3.63) is 69.9 Å². The third-order valence-corrected chi connectivity index (χ3v) is 6.06. The molecule has 190 valence electrons. The Labute approximate surface area is 204 Å². The molecule has 3 N–H and O–H groups in total. The number of halogens is 3. The first kappa shape index (κ1) is 25.2. The van der Waals surface area contributed by atoms with Crippen molar-refractivity contribution in [2.45, 2.75) is 25.7 Å². The number of amides is 1. The molecule has 1 amide bonds.